The number of halogens is 1. The number of carbonyl (C=O) groups is 2. The number of anilines is 1. The minimum atomic E-state index is -0.160. The molecule has 0 atom stereocenters. The number of amides is 2. The second-order valence-corrected chi connectivity index (χ2v) is 9.49. The molecule has 0 unspecified atom stereocenters. The van der Waals surface area contributed by atoms with Crippen LogP contribution in [0.1, 0.15) is 58.4 Å². The number of thiophene rings is 2. The molecular weight excluding hydrogens is 443 g/mol. The lowest BCUT2D eigenvalue weighted by atomic mass is 10.2. The predicted molar refractivity (Wildman–Crippen MR) is 133 cm³/mol. The molecule has 2 heterocycles. The van der Waals surface area contributed by atoms with Gasteiger partial charge in [-0.1, -0.05) is 26.0 Å². The lowest BCUT2D eigenvalue weighted by Gasteiger charge is -2.17. The molecule has 3 rings (SSSR count). The number of benzene rings is 1. The maximum atomic E-state index is 12.4. The Hall–Kier alpha value is -2.51. The number of hydrogen-bond donors (Lipinski definition) is 1. The highest BCUT2D eigenvalue weighted by atomic mass is 32.1. The molecule has 7 heteroatoms. The van der Waals surface area contributed by atoms with Gasteiger partial charge in [0.25, 0.3) is 5.91 Å². The van der Waals surface area contributed by atoms with Gasteiger partial charge in [0.2, 0.25) is 5.91 Å². The molecule has 1 N–H and O–H groups in total. The van der Waals surface area contributed by atoms with Crippen molar-refractivity contribution in [3.63, 3.8) is 0 Å². The number of aryl methyl sites for hydroxylation is 3. The molecule has 32 heavy (non-hydrogen) atoms. The minimum Gasteiger partial charge on any atom is -0.346 e. The average Bonchev–Trinajstić information content (AvgIpc) is 3.36. The van der Waals surface area contributed by atoms with Gasteiger partial charge in [-0.25, -0.2) is 4.39 Å². The van der Waals surface area contributed by atoms with Gasteiger partial charge in [-0.3, -0.25) is 9.59 Å². The summed E-state index contributed by atoms with van der Waals surface area (Å²) in [6, 6.07) is 10.5. The van der Waals surface area contributed by atoms with Crippen molar-refractivity contribution in [2.45, 2.75) is 54.0 Å². The topological polar surface area (TPSA) is 49.4 Å². The maximum Gasteiger partial charge on any atom is 0.261 e. The van der Waals surface area contributed by atoms with Gasteiger partial charge in [-0.15, -0.1) is 22.7 Å². The Morgan fingerprint density at radius 1 is 1.06 bits per heavy atom. The van der Waals surface area contributed by atoms with Gasteiger partial charge in [0.15, 0.2) is 0 Å². The number of hydrogen-bond acceptors (Lipinski definition) is 4. The fourth-order valence-corrected chi connectivity index (χ4v) is 5.02. The first-order chi connectivity index (χ1) is 15.3. The summed E-state index contributed by atoms with van der Waals surface area (Å²) in [6.07, 6.45) is 1.86. The summed E-state index contributed by atoms with van der Waals surface area (Å²) in [7, 11) is 0. The highest BCUT2D eigenvalue weighted by molar-refractivity contribution is 7.18. The van der Waals surface area contributed by atoms with E-state index in [2.05, 4.69) is 11.4 Å². The quantitative estimate of drug-likeness (QED) is 0.424. The summed E-state index contributed by atoms with van der Waals surface area (Å²) >= 11 is 3.03. The number of nitrogens with zero attached hydrogens (tertiary/aromatic N) is 1. The van der Waals surface area contributed by atoms with Gasteiger partial charge < -0.3 is 10.2 Å². The monoisotopic (exact) mass is 474 g/mol. The van der Waals surface area contributed by atoms with Crippen LogP contribution in [-0.2, 0) is 17.8 Å². The van der Waals surface area contributed by atoms with Crippen LogP contribution in [-0.4, -0.2) is 18.4 Å². The molecule has 1 aromatic carbocycles. The van der Waals surface area contributed by atoms with Crippen LogP contribution in [0.4, 0.5) is 9.39 Å². The molecule has 0 radical (unpaired) electrons. The van der Waals surface area contributed by atoms with Crippen molar-refractivity contribution < 1.29 is 14.0 Å². The van der Waals surface area contributed by atoms with Crippen LogP contribution in [0.3, 0.4) is 0 Å². The van der Waals surface area contributed by atoms with E-state index in [1.54, 1.807) is 35.3 Å². The van der Waals surface area contributed by atoms with Gasteiger partial charge >= 0.3 is 0 Å². The first-order valence-electron chi connectivity index (χ1n) is 10.7. The summed E-state index contributed by atoms with van der Waals surface area (Å²) in [4.78, 5) is 27.8. The summed E-state index contributed by atoms with van der Waals surface area (Å²) in [5.74, 6) is -0.229. The third-order valence-electron chi connectivity index (χ3n) is 4.90. The van der Waals surface area contributed by atoms with Crippen LogP contribution >= 0.6 is 22.7 Å². The maximum absolute atomic E-state index is 12.4. The zero-order valence-electron chi connectivity index (χ0n) is 19.3. The highest BCUT2D eigenvalue weighted by Crippen LogP contribution is 2.30. The van der Waals surface area contributed by atoms with Crippen LogP contribution in [0.15, 0.2) is 41.8 Å². The van der Waals surface area contributed by atoms with Gasteiger partial charge in [0, 0.05) is 18.3 Å². The van der Waals surface area contributed by atoms with E-state index in [9.17, 15) is 14.0 Å². The van der Waals surface area contributed by atoms with E-state index in [1.165, 1.54) is 39.5 Å². The van der Waals surface area contributed by atoms with Gasteiger partial charge in [-0.05, 0) is 73.0 Å². The van der Waals surface area contributed by atoms with Gasteiger partial charge in [0.05, 0.1) is 16.4 Å². The van der Waals surface area contributed by atoms with Crippen molar-refractivity contribution in [3.05, 3.63) is 74.0 Å². The van der Waals surface area contributed by atoms with Crippen molar-refractivity contribution in [3.8, 4) is 0 Å². The minimum absolute atomic E-state index is 0.00858. The SMILES string of the molecule is CCCN(C(C)=O)c1cc(C)c(C(=O)NCc2sccc2C)s1.CCc1ccc(F)cc1. The van der Waals surface area contributed by atoms with Crippen molar-refractivity contribution in [1.29, 1.82) is 0 Å². The first kappa shape index (κ1) is 25.7. The van der Waals surface area contributed by atoms with Crippen molar-refractivity contribution >= 4 is 39.5 Å². The Morgan fingerprint density at radius 2 is 1.75 bits per heavy atom. The standard InChI is InChI=1S/C17H22N2O2S2.C8H9F/c1-5-7-19(13(4)20)15-9-12(3)16(23-15)17(21)18-10-14-11(2)6-8-22-14;1-2-7-3-5-8(9)6-4-7/h6,8-9H,5,7,10H2,1-4H3,(H,18,21);3-6H,2H2,1H3. The van der Waals surface area contributed by atoms with Gasteiger partial charge in [0.1, 0.15) is 5.82 Å². The molecule has 172 valence electrons. The molecule has 0 bridgehead atoms. The molecular formula is C25H31FN2O2S2. The second-order valence-electron chi connectivity index (χ2n) is 7.46. The molecule has 2 aromatic heterocycles. The Morgan fingerprint density at radius 3 is 2.28 bits per heavy atom. The van der Waals surface area contributed by atoms with E-state index in [4.69, 9.17) is 0 Å². The van der Waals surface area contributed by atoms with Crippen LogP contribution in [0.5, 0.6) is 0 Å². The Labute approximate surface area is 198 Å². The third kappa shape index (κ3) is 7.28. The van der Waals surface area contributed by atoms with E-state index in [0.717, 1.165) is 23.4 Å². The molecule has 0 spiro atoms. The van der Waals surface area contributed by atoms with E-state index in [1.807, 2.05) is 39.1 Å². The Bertz CT molecular complexity index is 1020. The number of nitrogens with one attached hydrogen (secondary N) is 1. The zero-order valence-corrected chi connectivity index (χ0v) is 21.0. The van der Waals surface area contributed by atoms with E-state index >= 15 is 0 Å². The first-order valence-corrected chi connectivity index (χ1v) is 12.4. The van der Waals surface area contributed by atoms with E-state index < -0.39 is 0 Å². The molecule has 0 saturated carbocycles. The highest BCUT2D eigenvalue weighted by Gasteiger charge is 2.19. The fourth-order valence-electron chi connectivity index (χ4n) is 3.02. The smallest absolute Gasteiger partial charge is 0.261 e. The molecule has 2 amide bonds. The summed E-state index contributed by atoms with van der Waals surface area (Å²) < 4.78 is 12.2. The Kier molecular flexibility index (Phi) is 10.1. The van der Waals surface area contributed by atoms with Crippen LogP contribution in [0.25, 0.3) is 0 Å². The largest absolute Gasteiger partial charge is 0.346 e. The molecule has 0 aliphatic rings. The lowest BCUT2D eigenvalue weighted by molar-refractivity contribution is -0.116. The van der Waals surface area contributed by atoms with Crippen molar-refractivity contribution in [2.24, 2.45) is 0 Å². The molecule has 4 nitrogen and oxygen atoms in total. The lowest BCUT2D eigenvalue weighted by Crippen LogP contribution is -2.28. The summed E-state index contributed by atoms with van der Waals surface area (Å²) in [5.41, 5.74) is 3.29. The molecule has 0 fully saturated rings. The van der Waals surface area contributed by atoms with Crippen LogP contribution < -0.4 is 10.2 Å². The van der Waals surface area contributed by atoms with E-state index in [0.29, 0.717) is 18.0 Å². The van der Waals surface area contributed by atoms with Crippen LogP contribution in [0, 0.1) is 19.7 Å². The summed E-state index contributed by atoms with van der Waals surface area (Å²) in [5, 5.41) is 5.85. The van der Waals surface area contributed by atoms with Crippen LogP contribution in [0.2, 0.25) is 0 Å². The second kappa shape index (κ2) is 12.5. The molecule has 3 aromatic rings. The van der Waals surface area contributed by atoms with Gasteiger partial charge in [-0.2, -0.15) is 0 Å². The van der Waals surface area contributed by atoms with Crippen molar-refractivity contribution in [2.75, 3.05) is 11.4 Å². The fraction of sp³-hybridized carbons (Fsp3) is 0.360. The normalized spacial score (nSPS) is 10.3. The van der Waals surface area contributed by atoms with E-state index in [-0.39, 0.29) is 17.6 Å². The number of rotatable bonds is 7. The third-order valence-corrected chi connectivity index (χ3v) is 7.19. The molecule has 0 saturated heterocycles. The molecule has 0 aliphatic heterocycles. The average molecular weight is 475 g/mol. The predicted octanol–water partition coefficient (Wildman–Crippen LogP) is 6.51. The zero-order chi connectivity index (χ0) is 23.7. The molecule has 0 aliphatic carbocycles. The Balaban J connectivity index is 0.000000336. The number of carbonyl (C=O) groups excluding carboxylic acids is 2. The summed E-state index contributed by atoms with van der Waals surface area (Å²) in [6.45, 7) is 10.8. The van der Waals surface area contributed by atoms with Crippen molar-refractivity contribution in [1.82, 2.24) is 5.32 Å².